The normalized spacial score (nSPS) is 22.4. The third-order valence-electron chi connectivity index (χ3n) is 8.94. The Bertz CT molecular complexity index is 1550. The van der Waals surface area contributed by atoms with E-state index in [4.69, 9.17) is 0 Å². The van der Waals surface area contributed by atoms with Crippen LogP contribution < -0.4 is 16.0 Å². The van der Waals surface area contributed by atoms with Crippen LogP contribution in [0.5, 0.6) is 0 Å². The number of hydrogen-bond donors (Lipinski definition) is 3. The van der Waals surface area contributed by atoms with Crippen LogP contribution in [0.3, 0.4) is 0 Å². The second-order valence-corrected chi connectivity index (χ2v) is 11.1. The summed E-state index contributed by atoms with van der Waals surface area (Å²) in [6.45, 7) is 3.76. The highest BCUT2D eigenvalue weighted by molar-refractivity contribution is 6.06. The Morgan fingerprint density at radius 3 is 2.51 bits per heavy atom. The van der Waals surface area contributed by atoms with Crippen molar-refractivity contribution < 1.29 is 23.2 Å². The van der Waals surface area contributed by atoms with Crippen molar-refractivity contribution in [2.24, 2.45) is 0 Å². The minimum Gasteiger partial charge on any atom is -0.325 e. The van der Waals surface area contributed by atoms with Gasteiger partial charge in [0.25, 0.3) is 0 Å². The molecule has 2 aliphatic heterocycles. The van der Waals surface area contributed by atoms with Crippen molar-refractivity contribution in [3.05, 3.63) is 88.6 Å². The van der Waals surface area contributed by atoms with Gasteiger partial charge >= 0.3 is 0 Å². The molecular weight excluding hydrogens is 528 g/mol. The first-order valence-corrected chi connectivity index (χ1v) is 13.9. The molecule has 1 spiro atoms. The summed E-state index contributed by atoms with van der Waals surface area (Å²) in [5.41, 5.74) is 2.09. The maximum atomic E-state index is 14.1. The van der Waals surface area contributed by atoms with Gasteiger partial charge in [-0.3, -0.25) is 14.4 Å². The highest BCUT2D eigenvalue weighted by Gasteiger charge is 2.51. The topological polar surface area (TPSA) is 103 Å². The largest absolute Gasteiger partial charge is 0.325 e. The van der Waals surface area contributed by atoms with Gasteiger partial charge in [-0.1, -0.05) is 26.0 Å². The van der Waals surface area contributed by atoms with Crippen molar-refractivity contribution in [2.75, 3.05) is 23.7 Å². The van der Waals surface area contributed by atoms with Gasteiger partial charge in [-0.05, 0) is 72.7 Å². The summed E-state index contributed by atoms with van der Waals surface area (Å²) >= 11 is 0. The van der Waals surface area contributed by atoms with Crippen molar-refractivity contribution in [1.29, 1.82) is 0 Å². The molecule has 1 aliphatic carbocycles. The van der Waals surface area contributed by atoms with E-state index in [9.17, 15) is 23.2 Å². The highest BCUT2D eigenvalue weighted by Crippen LogP contribution is 2.47. The second kappa shape index (κ2) is 10.0. The molecule has 3 aliphatic rings. The van der Waals surface area contributed by atoms with Crippen LogP contribution in [0.15, 0.2) is 54.7 Å². The quantitative estimate of drug-likeness (QED) is 0.424. The van der Waals surface area contributed by atoms with E-state index in [2.05, 4.69) is 20.9 Å². The lowest BCUT2D eigenvalue weighted by molar-refractivity contribution is -0.148. The van der Waals surface area contributed by atoms with Crippen LogP contribution in [-0.2, 0) is 32.6 Å². The molecule has 6 rings (SSSR count). The average molecular weight is 560 g/mol. The van der Waals surface area contributed by atoms with Crippen LogP contribution in [-0.4, -0.2) is 46.2 Å². The number of halogens is 2. The average Bonchev–Trinajstić information content (AvgIpc) is 3.46. The first kappa shape index (κ1) is 27.0. The molecule has 2 atom stereocenters. The molecule has 0 saturated carbocycles. The van der Waals surface area contributed by atoms with Crippen molar-refractivity contribution in [1.82, 2.24) is 15.2 Å². The number of rotatable bonds is 6. The van der Waals surface area contributed by atoms with Crippen LogP contribution in [0, 0.1) is 11.6 Å². The van der Waals surface area contributed by atoms with Gasteiger partial charge < -0.3 is 20.9 Å². The van der Waals surface area contributed by atoms with Gasteiger partial charge in [0, 0.05) is 30.1 Å². The molecule has 3 amide bonds. The number of aromatic nitrogens is 1. The molecule has 3 N–H and O–H groups in total. The van der Waals surface area contributed by atoms with Crippen LogP contribution in [0.2, 0.25) is 0 Å². The molecule has 0 bridgehead atoms. The molecule has 1 fully saturated rings. The van der Waals surface area contributed by atoms with Crippen LogP contribution in [0.4, 0.5) is 20.3 Å². The van der Waals surface area contributed by atoms with Crippen LogP contribution in [0.25, 0.3) is 0 Å². The SMILES string of the molecule is CCC1(CC)NC[C@H](c2cc(F)cc(F)c2)N(CC(=O)Nc2ccc3c(c2)C[C@@]2(C3)C(=O)Nc3ncccc32)C1=O. The molecule has 212 valence electrons. The molecule has 0 radical (unpaired) electrons. The lowest BCUT2D eigenvalue weighted by Crippen LogP contribution is -2.65. The Hall–Kier alpha value is -4.18. The number of pyridine rings is 1. The number of carbonyl (C=O) groups excluding carboxylic acids is 3. The zero-order chi connectivity index (χ0) is 28.9. The number of nitrogens with zero attached hydrogens (tertiary/aromatic N) is 2. The van der Waals surface area contributed by atoms with Crippen molar-refractivity contribution in [3.63, 3.8) is 0 Å². The fourth-order valence-electron chi connectivity index (χ4n) is 6.64. The summed E-state index contributed by atoms with van der Waals surface area (Å²) in [5.74, 6) is -1.70. The smallest absolute Gasteiger partial charge is 0.244 e. The Kier molecular flexibility index (Phi) is 6.60. The van der Waals surface area contributed by atoms with Crippen molar-refractivity contribution in [3.8, 4) is 0 Å². The van der Waals surface area contributed by atoms with E-state index in [1.54, 1.807) is 12.3 Å². The fourth-order valence-corrected chi connectivity index (χ4v) is 6.64. The molecule has 41 heavy (non-hydrogen) atoms. The fraction of sp³-hybridized carbons (Fsp3) is 0.355. The number of hydrogen-bond acceptors (Lipinski definition) is 5. The number of piperazine rings is 1. The molecule has 0 unspecified atom stereocenters. The summed E-state index contributed by atoms with van der Waals surface area (Å²) in [7, 11) is 0. The molecule has 1 aromatic heterocycles. The maximum Gasteiger partial charge on any atom is 0.244 e. The van der Waals surface area contributed by atoms with Crippen molar-refractivity contribution in [2.45, 2.75) is 56.5 Å². The molecule has 8 nitrogen and oxygen atoms in total. The minimum atomic E-state index is -0.864. The van der Waals surface area contributed by atoms with E-state index < -0.39 is 34.5 Å². The zero-order valence-electron chi connectivity index (χ0n) is 22.9. The predicted octanol–water partition coefficient (Wildman–Crippen LogP) is 4.02. The van der Waals surface area contributed by atoms with Gasteiger partial charge in [0.15, 0.2) is 0 Å². The number of carbonyl (C=O) groups is 3. The highest BCUT2D eigenvalue weighted by atomic mass is 19.1. The standard InChI is InChI=1S/C31H31F2N5O3/c1-3-31(4-2)29(41)38(25(16-35-31)19-10-21(32)13-22(33)11-19)17-26(39)36-23-8-7-18-14-30(15-20(18)12-23)24-6-5-9-34-27(24)37-28(30)40/h5-13,25,35H,3-4,14-17H2,1-2H3,(H,36,39)(H,34,37,40)/t25-,30-/m1/s1. The summed E-state index contributed by atoms with van der Waals surface area (Å²) in [4.78, 5) is 45.8. The van der Waals surface area contributed by atoms with Gasteiger partial charge in [0.05, 0.1) is 17.0 Å². The third-order valence-corrected chi connectivity index (χ3v) is 8.94. The molecule has 3 aromatic rings. The van der Waals surface area contributed by atoms with E-state index >= 15 is 0 Å². The van der Waals surface area contributed by atoms with Gasteiger partial charge in [-0.15, -0.1) is 0 Å². The lowest BCUT2D eigenvalue weighted by atomic mass is 9.79. The van der Waals surface area contributed by atoms with E-state index in [0.29, 0.717) is 37.2 Å². The van der Waals surface area contributed by atoms with Gasteiger partial charge in [-0.25, -0.2) is 13.8 Å². The van der Waals surface area contributed by atoms with Gasteiger partial charge in [-0.2, -0.15) is 0 Å². The maximum absolute atomic E-state index is 14.1. The summed E-state index contributed by atoms with van der Waals surface area (Å²) < 4.78 is 28.2. The zero-order valence-corrected chi connectivity index (χ0v) is 22.9. The van der Waals surface area contributed by atoms with Crippen LogP contribution in [0.1, 0.15) is 55.0 Å². The first-order valence-electron chi connectivity index (χ1n) is 13.9. The van der Waals surface area contributed by atoms with Crippen molar-refractivity contribution >= 4 is 29.2 Å². The minimum absolute atomic E-state index is 0.0830. The van der Waals surface area contributed by atoms with Gasteiger partial charge in [0.2, 0.25) is 17.7 Å². The van der Waals surface area contributed by atoms with E-state index in [1.165, 1.54) is 17.0 Å². The molecular formula is C31H31F2N5O3. The number of fused-ring (bicyclic) bond motifs is 3. The molecule has 10 heteroatoms. The summed E-state index contributed by atoms with van der Waals surface area (Å²) in [6.07, 6.45) is 3.68. The van der Waals surface area contributed by atoms with Crippen LogP contribution >= 0.6 is 0 Å². The lowest BCUT2D eigenvalue weighted by Gasteiger charge is -2.46. The Balaban J connectivity index is 1.23. The second-order valence-electron chi connectivity index (χ2n) is 11.1. The number of nitrogens with one attached hydrogen (secondary N) is 3. The Labute approximate surface area is 236 Å². The predicted molar refractivity (Wildman–Crippen MR) is 149 cm³/mol. The molecule has 1 saturated heterocycles. The Morgan fingerprint density at radius 2 is 1.78 bits per heavy atom. The summed E-state index contributed by atoms with van der Waals surface area (Å²) in [6, 6.07) is 11.8. The first-order chi connectivity index (χ1) is 19.7. The number of amides is 3. The van der Waals surface area contributed by atoms with Gasteiger partial charge in [0.1, 0.15) is 24.0 Å². The molecule has 3 heterocycles. The molecule has 2 aromatic carbocycles. The third kappa shape index (κ3) is 4.46. The monoisotopic (exact) mass is 559 g/mol. The Morgan fingerprint density at radius 1 is 1.05 bits per heavy atom. The summed E-state index contributed by atoms with van der Waals surface area (Å²) in [5, 5.41) is 9.07. The number of benzene rings is 2. The number of anilines is 2. The van der Waals surface area contributed by atoms with E-state index in [0.717, 1.165) is 22.8 Å². The van der Waals surface area contributed by atoms with E-state index in [1.807, 2.05) is 38.1 Å². The van der Waals surface area contributed by atoms with E-state index in [-0.39, 0.29) is 30.5 Å².